The highest BCUT2D eigenvalue weighted by atomic mass is 19.1. The van der Waals surface area contributed by atoms with Gasteiger partial charge in [0.2, 0.25) is 0 Å². The monoisotopic (exact) mass is 294 g/mol. The van der Waals surface area contributed by atoms with Gasteiger partial charge in [0.15, 0.2) is 5.78 Å². The van der Waals surface area contributed by atoms with Crippen LogP contribution < -0.4 is 10.6 Å². The van der Waals surface area contributed by atoms with E-state index in [1.165, 1.54) is 12.1 Å². The van der Waals surface area contributed by atoms with Gasteiger partial charge in [-0.2, -0.15) is 0 Å². The fourth-order valence-electron chi connectivity index (χ4n) is 2.10. The SMILES string of the molecule is CC(C)(C)OC(=O)N[C@H]1CNc2ccc(F)cc2CC1=O. The third-order valence-electron chi connectivity index (χ3n) is 3.01. The van der Waals surface area contributed by atoms with E-state index in [0.29, 0.717) is 11.3 Å². The first kappa shape index (κ1) is 15.3. The van der Waals surface area contributed by atoms with E-state index in [4.69, 9.17) is 4.74 Å². The molecule has 1 aromatic rings. The minimum Gasteiger partial charge on any atom is -0.444 e. The van der Waals surface area contributed by atoms with E-state index in [2.05, 4.69) is 10.6 Å². The molecule has 1 aliphatic heterocycles. The highest BCUT2D eigenvalue weighted by molar-refractivity contribution is 5.91. The summed E-state index contributed by atoms with van der Waals surface area (Å²) in [6.07, 6.45) is -0.569. The van der Waals surface area contributed by atoms with Crippen molar-refractivity contribution >= 4 is 17.6 Å². The molecule has 21 heavy (non-hydrogen) atoms. The number of amides is 1. The number of nitrogens with one attached hydrogen (secondary N) is 2. The molecule has 0 aliphatic carbocycles. The smallest absolute Gasteiger partial charge is 0.408 e. The fourth-order valence-corrected chi connectivity index (χ4v) is 2.10. The molecule has 0 saturated heterocycles. The first-order valence-electron chi connectivity index (χ1n) is 6.79. The highest BCUT2D eigenvalue weighted by Crippen LogP contribution is 2.21. The van der Waals surface area contributed by atoms with E-state index < -0.39 is 17.7 Å². The van der Waals surface area contributed by atoms with E-state index in [1.807, 2.05) is 0 Å². The van der Waals surface area contributed by atoms with Crippen molar-refractivity contribution in [3.05, 3.63) is 29.6 Å². The molecule has 1 atom stereocenters. The van der Waals surface area contributed by atoms with Crippen LogP contribution in [0.15, 0.2) is 18.2 Å². The molecule has 1 heterocycles. The van der Waals surface area contributed by atoms with Crippen molar-refractivity contribution < 1.29 is 18.7 Å². The summed E-state index contributed by atoms with van der Waals surface area (Å²) in [5.74, 6) is -0.570. The Bertz CT molecular complexity index is 567. The molecule has 0 unspecified atom stereocenters. The minimum atomic E-state index is -0.699. The second-order valence-electron chi connectivity index (χ2n) is 6.02. The van der Waals surface area contributed by atoms with Gasteiger partial charge < -0.3 is 15.4 Å². The molecule has 0 spiro atoms. The molecule has 114 valence electrons. The number of hydrogen-bond acceptors (Lipinski definition) is 4. The second-order valence-corrected chi connectivity index (χ2v) is 6.02. The van der Waals surface area contributed by atoms with Gasteiger partial charge in [-0.15, -0.1) is 0 Å². The third kappa shape index (κ3) is 4.18. The van der Waals surface area contributed by atoms with Crippen LogP contribution in [0.2, 0.25) is 0 Å². The zero-order valence-corrected chi connectivity index (χ0v) is 12.3. The van der Waals surface area contributed by atoms with Crippen LogP contribution in [0.1, 0.15) is 26.3 Å². The number of benzene rings is 1. The van der Waals surface area contributed by atoms with Gasteiger partial charge in [0.1, 0.15) is 17.5 Å². The van der Waals surface area contributed by atoms with E-state index >= 15 is 0 Å². The van der Waals surface area contributed by atoms with E-state index in [0.717, 1.165) is 0 Å². The first-order chi connectivity index (χ1) is 9.74. The molecule has 6 heteroatoms. The summed E-state index contributed by atoms with van der Waals surface area (Å²) < 4.78 is 18.4. The molecule has 5 nitrogen and oxygen atoms in total. The van der Waals surface area contributed by atoms with Crippen molar-refractivity contribution in [2.45, 2.75) is 38.8 Å². The molecule has 0 saturated carbocycles. The quantitative estimate of drug-likeness (QED) is 0.833. The molecule has 0 aromatic heterocycles. The van der Waals surface area contributed by atoms with Gasteiger partial charge in [0.05, 0.1) is 0 Å². The van der Waals surface area contributed by atoms with Crippen LogP contribution in [0.3, 0.4) is 0 Å². The molecular formula is C15H19FN2O3. The second kappa shape index (κ2) is 5.71. The molecule has 1 amide bonds. The summed E-state index contributed by atoms with van der Waals surface area (Å²) in [5.41, 5.74) is 0.670. The van der Waals surface area contributed by atoms with Gasteiger partial charge in [-0.3, -0.25) is 4.79 Å². The average Bonchev–Trinajstić information content (AvgIpc) is 2.47. The van der Waals surface area contributed by atoms with Crippen molar-refractivity contribution in [3.8, 4) is 0 Å². The maximum Gasteiger partial charge on any atom is 0.408 e. The lowest BCUT2D eigenvalue weighted by atomic mass is 10.0. The Hall–Kier alpha value is -2.11. The number of carbonyl (C=O) groups is 2. The zero-order valence-electron chi connectivity index (χ0n) is 12.3. The maximum atomic E-state index is 13.2. The Kier molecular flexibility index (Phi) is 4.16. The predicted octanol–water partition coefficient (Wildman–Crippen LogP) is 2.26. The molecule has 0 fully saturated rings. The standard InChI is InChI=1S/C15H19FN2O3/c1-15(2,3)21-14(20)18-12-8-17-11-5-4-10(16)6-9(11)7-13(12)19/h4-6,12,17H,7-8H2,1-3H3,(H,18,20)/t12-/m0/s1. The molecular weight excluding hydrogens is 275 g/mol. The number of Topliss-reactive ketones (excluding diaryl/α,β-unsaturated/α-hetero) is 1. The molecule has 1 aromatic carbocycles. The molecule has 2 rings (SSSR count). The number of anilines is 1. The zero-order chi connectivity index (χ0) is 15.6. The van der Waals surface area contributed by atoms with Gasteiger partial charge in [0.25, 0.3) is 0 Å². The lowest BCUT2D eigenvalue weighted by Gasteiger charge is -2.22. The normalized spacial score (nSPS) is 18.3. The Labute approximate surface area is 122 Å². The number of hydrogen-bond donors (Lipinski definition) is 2. The van der Waals surface area contributed by atoms with Crippen LogP contribution >= 0.6 is 0 Å². The van der Waals surface area contributed by atoms with E-state index in [9.17, 15) is 14.0 Å². The van der Waals surface area contributed by atoms with Crippen molar-refractivity contribution in [1.82, 2.24) is 5.32 Å². The lowest BCUT2D eigenvalue weighted by molar-refractivity contribution is -0.120. The lowest BCUT2D eigenvalue weighted by Crippen LogP contribution is -2.46. The van der Waals surface area contributed by atoms with Crippen molar-refractivity contribution in [3.63, 3.8) is 0 Å². The number of carbonyl (C=O) groups excluding carboxylic acids is 2. The van der Waals surface area contributed by atoms with Crippen molar-refractivity contribution in [2.24, 2.45) is 0 Å². The number of ketones is 1. The van der Waals surface area contributed by atoms with Gasteiger partial charge in [-0.25, -0.2) is 9.18 Å². The van der Waals surface area contributed by atoms with Gasteiger partial charge in [0, 0.05) is 18.7 Å². The highest BCUT2D eigenvalue weighted by Gasteiger charge is 2.27. The maximum absolute atomic E-state index is 13.2. The summed E-state index contributed by atoms with van der Waals surface area (Å²) in [5, 5.41) is 5.59. The first-order valence-corrected chi connectivity index (χ1v) is 6.79. The minimum absolute atomic E-state index is 0.0700. The molecule has 1 aliphatic rings. The van der Waals surface area contributed by atoms with Crippen LogP contribution in [0.25, 0.3) is 0 Å². The van der Waals surface area contributed by atoms with Crippen LogP contribution in [-0.2, 0) is 16.0 Å². The summed E-state index contributed by atoms with van der Waals surface area (Å²) in [4.78, 5) is 23.9. The molecule has 0 radical (unpaired) electrons. The Morgan fingerprint density at radius 3 is 2.81 bits per heavy atom. The summed E-state index contributed by atoms with van der Waals surface area (Å²) in [6, 6.07) is 3.55. The Balaban J connectivity index is 2.05. The van der Waals surface area contributed by atoms with E-state index in [-0.39, 0.29) is 24.6 Å². The number of fused-ring (bicyclic) bond motifs is 1. The van der Waals surface area contributed by atoms with Crippen LogP contribution in [0.4, 0.5) is 14.9 Å². The number of ether oxygens (including phenoxy) is 1. The summed E-state index contributed by atoms with van der Waals surface area (Å²) in [6.45, 7) is 5.49. The molecule has 2 N–H and O–H groups in total. The molecule has 0 bridgehead atoms. The average molecular weight is 294 g/mol. The van der Waals surface area contributed by atoms with Crippen LogP contribution in [-0.4, -0.2) is 30.1 Å². The Morgan fingerprint density at radius 2 is 2.14 bits per heavy atom. The predicted molar refractivity (Wildman–Crippen MR) is 76.8 cm³/mol. The number of halogens is 1. The Morgan fingerprint density at radius 1 is 1.43 bits per heavy atom. The topological polar surface area (TPSA) is 67.4 Å². The van der Waals surface area contributed by atoms with Crippen LogP contribution in [0.5, 0.6) is 0 Å². The number of rotatable bonds is 1. The van der Waals surface area contributed by atoms with Crippen LogP contribution in [0, 0.1) is 5.82 Å². The van der Waals surface area contributed by atoms with Gasteiger partial charge >= 0.3 is 6.09 Å². The van der Waals surface area contributed by atoms with Crippen molar-refractivity contribution in [1.29, 1.82) is 0 Å². The summed E-state index contributed by atoms with van der Waals surface area (Å²) >= 11 is 0. The van der Waals surface area contributed by atoms with E-state index in [1.54, 1.807) is 26.8 Å². The third-order valence-corrected chi connectivity index (χ3v) is 3.01. The van der Waals surface area contributed by atoms with Crippen molar-refractivity contribution in [2.75, 3.05) is 11.9 Å². The van der Waals surface area contributed by atoms with Gasteiger partial charge in [-0.1, -0.05) is 0 Å². The summed E-state index contributed by atoms with van der Waals surface area (Å²) in [7, 11) is 0. The fraction of sp³-hybridized carbons (Fsp3) is 0.467. The number of alkyl carbamates (subject to hydrolysis) is 1. The largest absolute Gasteiger partial charge is 0.444 e. The van der Waals surface area contributed by atoms with Gasteiger partial charge in [-0.05, 0) is 44.5 Å².